The highest BCUT2D eigenvalue weighted by atomic mass is 32.2. The van der Waals surface area contributed by atoms with Crippen molar-refractivity contribution in [3.63, 3.8) is 0 Å². The van der Waals surface area contributed by atoms with Crippen LogP contribution >= 0.6 is 11.3 Å². The SMILES string of the molecule is Cc1cc(S(=O)(=O)Nn2cccc2)sc1C(=O)O. The van der Waals surface area contributed by atoms with Gasteiger partial charge in [-0.25, -0.2) is 9.63 Å². The van der Waals surface area contributed by atoms with Crippen LogP contribution in [0.25, 0.3) is 0 Å². The van der Waals surface area contributed by atoms with Crippen LogP contribution in [-0.2, 0) is 10.0 Å². The summed E-state index contributed by atoms with van der Waals surface area (Å²) in [5, 5.41) is 8.89. The molecule has 2 N–H and O–H groups in total. The van der Waals surface area contributed by atoms with E-state index in [1.54, 1.807) is 19.1 Å². The molecule has 0 spiro atoms. The van der Waals surface area contributed by atoms with Crippen molar-refractivity contribution in [3.8, 4) is 0 Å². The van der Waals surface area contributed by atoms with Gasteiger partial charge < -0.3 is 5.11 Å². The smallest absolute Gasteiger partial charge is 0.346 e. The summed E-state index contributed by atoms with van der Waals surface area (Å²) in [6, 6.07) is 4.69. The number of thiophene rings is 1. The first-order valence-corrected chi connectivity index (χ1v) is 7.19. The van der Waals surface area contributed by atoms with E-state index in [1.807, 2.05) is 0 Å². The number of carbonyl (C=O) groups is 1. The molecule has 0 fully saturated rings. The molecule has 0 aliphatic heterocycles. The third-order valence-electron chi connectivity index (χ3n) is 2.18. The number of rotatable bonds is 4. The van der Waals surface area contributed by atoms with E-state index in [2.05, 4.69) is 4.83 Å². The van der Waals surface area contributed by atoms with Crippen molar-refractivity contribution in [2.75, 3.05) is 4.83 Å². The highest BCUT2D eigenvalue weighted by Crippen LogP contribution is 2.26. The van der Waals surface area contributed by atoms with E-state index in [-0.39, 0.29) is 9.09 Å². The van der Waals surface area contributed by atoms with Crippen molar-refractivity contribution < 1.29 is 18.3 Å². The first kappa shape index (κ1) is 12.7. The van der Waals surface area contributed by atoms with Gasteiger partial charge >= 0.3 is 5.97 Å². The Hall–Kier alpha value is -1.80. The van der Waals surface area contributed by atoms with E-state index in [9.17, 15) is 13.2 Å². The normalized spacial score (nSPS) is 11.4. The Bertz CT molecular complexity index is 671. The molecule has 0 aromatic carbocycles. The summed E-state index contributed by atoms with van der Waals surface area (Å²) in [6.07, 6.45) is 3.08. The lowest BCUT2D eigenvalue weighted by molar-refractivity contribution is 0.0701. The second-order valence-electron chi connectivity index (χ2n) is 3.57. The molecule has 0 unspecified atom stereocenters. The summed E-state index contributed by atoms with van der Waals surface area (Å²) in [7, 11) is -3.75. The second-order valence-corrected chi connectivity index (χ2v) is 6.51. The molecule has 2 heterocycles. The van der Waals surface area contributed by atoms with E-state index in [0.717, 1.165) is 11.3 Å². The maximum atomic E-state index is 12.0. The lowest BCUT2D eigenvalue weighted by Crippen LogP contribution is -2.20. The van der Waals surface area contributed by atoms with Crippen LogP contribution in [0.5, 0.6) is 0 Å². The summed E-state index contributed by atoms with van der Waals surface area (Å²) < 4.78 is 25.2. The Morgan fingerprint density at radius 1 is 1.39 bits per heavy atom. The summed E-state index contributed by atoms with van der Waals surface area (Å²) >= 11 is 0.733. The molecule has 96 valence electrons. The van der Waals surface area contributed by atoms with Gasteiger partial charge in [0.2, 0.25) is 0 Å². The molecular weight excluding hydrogens is 276 g/mol. The average Bonchev–Trinajstić information content (AvgIpc) is 2.86. The molecule has 0 radical (unpaired) electrons. The Morgan fingerprint density at radius 2 is 2.00 bits per heavy atom. The molecule has 0 aliphatic rings. The molecule has 0 aliphatic carbocycles. The van der Waals surface area contributed by atoms with Crippen LogP contribution in [0.4, 0.5) is 0 Å². The Labute approximate surface area is 108 Å². The van der Waals surface area contributed by atoms with Crippen LogP contribution in [0.1, 0.15) is 15.2 Å². The molecule has 2 aromatic heterocycles. The quantitative estimate of drug-likeness (QED) is 0.891. The zero-order valence-electron chi connectivity index (χ0n) is 9.32. The van der Waals surface area contributed by atoms with Crippen molar-refractivity contribution in [1.82, 2.24) is 4.68 Å². The molecule has 0 saturated carbocycles. The van der Waals surface area contributed by atoms with Gasteiger partial charge in [-0.2, -0.15) is 8.42 Å². The average molecular weight is 286 g/mol. The van der Waals surface area contributed by atoms with Crippen molar-refractivity contribution >= 4 is 27.3 Å². The minimum atomic E-state index is -3.75. The molecule has 18 heavy (non-hydrogen) atoms. The highest BCUT2D eigenvalue weighted by Gasteiger charge is 2.21. The molecule has 0 saturated heterocycles. The number of sulfonamides is 1. The molecule has 0 bridgehead atoms. The van der Waals surface area contributed by atoms with E-state index in [4.69, 9.17) is 5.11 Å². The monoisotopic (exact) mass is 286 g/mol. The highest BCUT2D eigenvalue weighted by molar-refractivity contribution is 7.94. The van der Waals surface area contributed by atoms with Crippen LogP contribution < -0.4 is 4.83 Å². The molecule has 6 nitrogen and oxygen atoms in total. The Balaban J connectivity index is 2.36. The number of nitrogens with zero attached hydrogens (tertiary/aromatic N) is 1. The van der Waals surface area contributed by atoms with Crippen LogP contribution in [0.2, 0.25) is 0 Å². The van der Waals surface area contributed by atoms with Crippen molar-refractivity contribution in [1.29, 1.82) is 0 Å². The van der Waals surface area contributed by atoms with Gasteiger partial charge in [-0.3, -0.25) is 4.68 Å². The summed E-state index contributed by atoms with van der Waals surface area (Å²) in [5.41, 5.74) is 0.431. The third kappa shape index (κ3) is 2.39. The zero-order chi connectivity index (χ0) is 13.3. The predicted octanol–water partition coefficient (Wildman–Crippen LogP) is 1.49. The van der Waals surface area contributed by atoms with E-state index in [0.29, 0.717) is 5.56 Å². The van der Waals surface area contributed by atoms with Gasteiger partial charge in [0.05, 0.1) is 0 Å². The summed E-state index contributed by atoms with van der Waals surface area (Å²) in [4.78, 5) is 13.2. The van der Waals surface area contributed by atoms with Crippen molar-refractivity contribution in [2.45, 2.75) is 11.1 Å². The fourth-order valence-electron chi connectivity index (χ4n) is 1.38. The molecule has 0 amide bonds. The zero-order valence-corrected chi connectivity index (χ0v) is 11.0. The summed E-state index contributed by atoms with van der Waals surface area (Å²) in [6.45, 7) is 1.56. The molecule has 2 rings (SSSR count). The van der Waals surface area contributed by atoms with Crippen LogP contribution in [0.3, 0.4) is 0 Å². The largest absolute Gasteiger partial charge is 0.477 e. The van der Waals surface area contributed by atoms with Crippen LogP contribution in [0, 0.1) is 6.92 Å². The first-order chi connectivity index (χ1) is 8.40. The number of hydrogen-bond donors (Lipinski definition) is 2. The standard InChI is InChI=1S/C10H10N2O4S2/c1-7-6-8(17-9(7)10(13)14)18(15,16)11-12-4-2-3-5-12/h2-6,11H,1H3,(H,13,14). The maximum absolute atomic E-state index is 12.0. The number of aromatic nitrogens is 1. The third-order valence-corrected chi connectivity index (χ3v) is 5.21. The van der Waals surface area contributed by atoms with Crippen LogP contribution in [-0.4, -0.2) is 24.2 Å². The van der Waals surface area contributed by atoms with Gasteiger partial charge in [-0.1, -0.05) is 0 Å². The molecular formula is C10H10N2O4S2. The Kier molecular flexibility index (Phi) is 3.14. The van der Waals surface area contributed by atoms with Gasteiger partial charge in [-0.15, -0.1) is 11.3 Å². The van der Waals surface area contributed by atoms with E-state index in [1.165, 1.54) is 23.1 Å². The minimum Gasteiger partial charge on any atom is -0.477 e. The number of aryl methyl sites for hydroxylation is 1. The lowest BCUT2D eigenvalue weighted by Gasteiger charge is -2.06. The predicted molar refractivity (Wildman–Crippen MR) is 67.0 cm³/mol. The van der Waals surface area contributed by atoms with E-state index >= 15 is 0 Å². The van der Waals surface area contributed by atoms with Gasteiger partial charge in [0.1, 0.15) is 9.09 Å². The molecule has 8 heteroatoms. The maximum Gasteiger partial charge on any atom is 0.346 e. The Morgan fingerprint density at radius 3 is 2.50 bits per heavy atom. The first-order valence-electron chi connectivity index (χ1n) is 4.89. The van der Waals surface area contributed by atoms with Gasteiger partial charge in [0.25, 0.3) is 10.0 Å². The van der Waals surface area contributed by atoms with E-state index < -0.39 is 16.0 Å². The number of hydrogen-bond acceptors (Lipinski definition) is 4. The number of carboxylic acid groups (broad SMARTS) is 1. The second kappa shape index (κ2) is 4.46. The van der Waals surface area contributed by atoms with Gasteiger partial charge in [-0.05, 0) is 30.7 Å². The number of carboxylic acids is 1. The van der Waals surface area contributed by atoms with Gasteiger partial charge in [0, 0.05) is 12.4 Å². The fourth-order valence-corrected chi connectivity index (χ4v) is 3.74. The topological polar surface area (TPSA) is 88.4 Å². The summed E-state index contributed by atoms with van der Waals surface area (Å²) in [5.74, 6) is -1.13. The number of nitrogens with one attached hydrogen (secondary N) is 1. The minimum absolute atomic E-state index is 0.0221. The van der Waals surface area contributed by atoms with Gasteiger partial charge in [0.15, 0.2) is 0 Å². The molecule has 2 aromatic rings. The van der Waals surface area contributed by atoms with Crippen molar-refractivity contribution in [3.05, 3.63) is 41.0 Å². The van der Waals surface area contributed by atoms with Crippen LogP contribution in [0.15, 0.2) is 34.8 Å². The van der Waals surface area contributed by atoms with Crippen molar-refractivity contribution in [2.24, 2.45) is 0 Å². The fraction of sp³-hybridized carbons (Fsp3) is 0.100. The number of aromatic carboxylic acids is 1. The molecule has 0 atom stereocenters. The lowest BCUT2D eigenvalue weighted by atomic mass is 10.3.